The highest BCUT2D eigenvalue weighted by Crippen LogP contribution is 2.21. The van der Waals surface area contributed by atoms with Gasteiger partial charge in [-0.3, -0.25) is 4.99 Å². The van der Waals surface area contributed by atoms with Gasteiger partial charge in [0.25, 0.3) is 0 Å². The van der Waals surface area contributed by atoms with Crippen LogP contribution in [0, 0.1) is 5.82 Å². The summed E-state index contributed by atoms with van der Waals surface area (Å²) in [7, 11) is 1.77. The third kappa shape index (κ3) is 6.06. The number of guanidine groups is 1. The van der Waals surface area contributed by atoms with E-state index in [1.807, 2.05) is 4.90 Å². The Bertz CT molecular complexity index is 604. The summed E-state index contributed by atoms with van der Waals surface area (Å²) in [5.74, 6) is 0.936. The molecule has 7 heteroatoms. The van der Waals surface area contributed by atoms with E-state index in [0.717, 1.165) is 25.5 Å². The molecule has 3 rings (SSSR count). The van der Waals surface area contributed by atoms with Crippen LogP contribution in [0.5, 0.6) is 0 Å². The summed E-state index contributed by atoms with van der Waals surface area (Å²) in [6, 6.07) is 3.30. The number of aromatic nitrogens is 1. The lowest BCUT2D eigenvalue weighted by Gasteiger charge is -2.20. The van der Waals surface area contributed by atoms with Crippen molar-refractivity contribution < 1.29 is 9.13 Å². The molecule has 0 spiro atoms. The lowest BCUT2D eigenvalue weighted by Crippen LogP contribution is -2.45. The van der Waals surface area contributed by atoms with Crippen LogP contribution in [0.15, 0.2) is 23.3 Å². The van der Waals surface area contributed by atoms with E-state index < -0.39 is 0 Å². The van der Waals surface area contributed by atoms with E-state index in [9.17, 15) is 4.39 Å². The van der Waals surface area contributed by atoms with Crippen molar-refractivity contribution in [3.63, 3.8) is 0 Å². The topological polar surface area (TPSA) is 61.8 Å². The van der Waals surface area contributed by atoms with Crippen LogP contribution in [-0.4, -0.2) is 56.4 Å². The number of rotatable bonds is 6. The normalized spacial score (nSPS) is 21.9. The molecule has 2 aliphatic rings. The van der Waals surface area contributed by atoms with Gasteiger partial charge < -0.3 is 20.3 Å². The van der Waals surface area contributed by atoms with E-state index in [0.29, 0.717) is 25.1 Å². The molecule has 0 aromatic carbocycles. The van der Waals surface area contributed by atoms with Crippen molar-refractivity contribution in [3.8, 4) is 0 Å². The lowest BCUT2D eigenvalue weighted by atomic mass is 10.1. The molecule has 27 heavy (non-hydrogen) atoms. The summed E-state index contributed by atoms with van der Waals surface area (Å²) in [6.45, 7) is 2.93. The van der Waals surface area contributed by atoms with Gasteiger partial charge in [0, 0.05) is 38.9 Å². The minimum Gasteiger partial charge on any atom is -0.376 e. The molecular formula is C20H32FN5O. The first-order valence-electron chi connectivity index (χ1n) is 10.2. The van der Waals surface area contributed by atoms with Crippen LogP contribution in [0.25, 0.3) is 0 Å². The smallest absolute Gasteiger partial charge is 0.191 e. The zero-order valence-electron chi connectivity index (χ0n) is 16.3. The van der Waals surface area contributed by atoms with Gasteiger partial charge in [-0.1, -0.05) is 25.7 Å². The third-order valence-corrected chi connectivity index (χ3v) is 5.34. The molecule has 2 fully saturated rings. The van der Waals surface area contributed by atoms with Crippen molar-refractivity contribution in [2.24, 2.45) is 4.99 Å². The summed E-state index contributed by atoms with van der Waals surface area (Å²) in [6.07, 6.45) is 10.6. The summed E-state index contributed by atoms with van der Waals surface area (Å²) < 4.78 is 19.9. The van der Waals surface area contributed by atoms with Crippen molar-refractivity contribution in [2.75, 3.05) is 38.2 Å². The minimum atomic E-state index is -0.267. The van der Waals surface area contributed by atoms with Gasteiger partial charge >= 0.3 is 0 Å². The molecule has 1 aromatic rings. The quantitative estimate of drug-likeness (QED) is 0.345. The molecular weight excluding hydrogens is 345 g/mol. The number of halogens is 1. The second-order valence-electron chi connectivity index (χ2n) is 7.37. The molecule has 0 radical (unpaired) electrons. The zero-order chi connectivity index (χ0) is 18.9. The Labute approximate surface area is 161 Å². The molecule has 1 atom stereocenters. The predicted molar refractivity (Wildman–Crippen MR) is 107 cm³/mol. The highest BCUT2D eigenvalue weighted by molar-refractivity contribution is 5.80. The van der Waals surface area contributed by atoms with E-state index in [1.165, 1.54) is 44.6 Å². The van der Waals surface area contributed by atoms with Gasteiger partial charge in [0.2, 0.25) is 0 Å². The first kappa shape index (κ1) is 19.9. The number of nitrogens with zero attached hydrogens (tertiary/aromatic N) is 3. The van der Waals surface area contributed by atoms with Gasteiger partial charge in [-0.15, -0.1) is 0 Å². The fourth-order valence-corrected chi connectivity index (χ4v) is 3.87. The molecule has 150 valence electrons. The summed E-state index contributed by atoms with van der Waals surface area (Å²) in [5, 5.41) is 6.75. The molecule has 1 aromatic heterocycles. The van der Waals surface area contributed by atoms with Crippen LogP contribution >= 0.6 is 0 Å². The summed E-state index contributed by atoms with van der Waals surface area (Å²) >= 11 is 0. The SMILES string of the molecule is CN=C(NCCOC1CCCCCC1)NC1CCN(c2ncccc2F)C1. The minimum absolute atomic E-state index is 0.223. The zero-order valence-corrected chi connectivity index (χ0v) is 16.3. The van der Waals surface area contributed by atoms with Gasteiger partial charge in [0.15, 0.2) is 17.6 Å². The van der Waals surface area contributed by atoms with E-state index in [2.05, 4.69) is 20.6 Å². The maximum atomic E-state index is 13.9. The van der Waals surface area contributed by atoms with E-state index in [-0.39, 0.29) is 11.9 Å². The molecule has 6 nitrogen and oxygen atoms in total. The van der Waals surface area contributed by atoms with Crippen molar-refractivity contribution >= 4 is 11.8 Å². The van der Waals surface area contributed by atoms with Gasteiger partial charge in [-0.2, -0.15) is 0 Å². The van der Waals surface area contributed by atoms with Crippen LogP contribution in [-0.2, 0) is 4.74 Å². The number of anilines is 1. The molecule has 1 unspecified atom stereocenters. The maximum Gasteiger partial charge on any atom is 0.191 e. The number of hydrogen-bond acceptors (Lipinski definition) is 4. The molecule has 0 bridgehead atoms. The number of nitrogens with one attached hydrogen (secondary N) is 2. The Hall–Kier alpha value is -1.89. The Morgan fingerprint density at radius 3 is 2.85 bits per heavy atom. The second-order valence-corrected chi connectivity index (χ2v) is 7.37. The molecule has 1 aliphatic heterocycles. The Morgan fingerprint density at radius 2 is 2.11 bits per heavy atom. The number of ether oxygens (including phenoxy) is 1. The largest absolute Gasteiger partial charge is 0.376 e. The monoisotopic (exact) mass is 377 g/mol. The van der Waals surface area contributed by atoms with Gasteiger partial charge in [-0.25, -0.2) is 9.37 Å². The first-order chi connectivity index (χ1) is 13.3. The van der Waals surface area contributed by atoms with Crippen LogP contribution in [0.1, 0.15) is 44.9 Å². The maximum absolute atomic E-state index is 13.9. The number of pyridine rings is 1. The van der Waals surface area contributed by atoms with Crippen LogP contribution < -0.4 is 15.5 Å². The summed E-state index contributed by atoms with van der Waals surface area (Å²) in [5.41, 5.74) is 0. The van der Waals surface area contributed by atoms with Gasteiger partial charge in [-0.05, 0) is 31.4 Å². The average molecular weight is 378 g/mol. The Kier molecular flexibility index (Phi) is 7.68. The first-order valence-corrected chi connectivity index (χ1v) is 10.2. The van der Waals surface area contributed by atoms with Gasteiger partial charge in [0.05, 0.1) is 12.7 Å². The number of aliphatic imine (C=N–C) groups is 1. The van der Waals surface area contributed by atoms with E-state index >= 15 is 0 Å². The van der Waals surface area contributed by atoms with E-state index in [4.69, 9.17) is 4.74 Å². The third-order valence-electron chi connectivity index (χ3n) is 5.34. The molecule has 1 saturated heterocycles. The van der Waals surface area contributed by atoms with Crippen molar-refractivity contribution in [1.82, 2.24) is 15.6 Å². The van der Waals surface area contributed by atoms with Crippen molar-refractivity contribution in [1.29, 1.82) is 0 Å². The molecule has 2 heterocycles. The number of hydrogen-bond donors (Lipinski definition) is 2. The highest BCUT2D eigenvalue weighted by Gasteiger charge is 2.25. The predicted octanol–water partition coefficient (Wildman–Crippen LogP) is 2.70. The van der Waals surface area contributed by atoms with Crippen LogP contribution in [0.3, 0.4) is 0 Å². The van der Waals surface area contributed by atoms with Crippen molar-refractivity contribution in [3.05, 3.63) is 24.1 Å². The van der Waals surface area contributed by atoms with E-state index in [1.54, 1.807) is 19.3 Å². The van der Waals surface area contributed by atoms with Gasteiger partial charge in [0.1, 0.15) is 0 Å². The van der Waals surface area contributed by atoms with Crippen LogP contribution in [0.4, 0.5) is 10.2 Å². The van der Waals surface area contributed by atoms with Crippen molar-refractivity contribution in [2.45, 2.75) is 57.1 Å². The Balaban J connectivity index is 1.37. The molecule has 1 saturated carbocycles. The summed E-state index contributed by atoms with van der Waals surface area (Å²) in [4.78, 5) is 10.4. The fourth-order valence-electron chi connectivity index (χ4n) is 3.87. The fraction of sp³-hybridized carbons (Fsp3) is 0.700. The standard InChI is InChI=1S/C20H32FN5O/c1-22-20(24-12-14-27-17-7-4-2-3-5-8-17)25-16-10-13-26(15-16)19-18(21)9-6-11-23-19/h6,9,11,16-17H,2-5,7-8,10,12-15H2,1H3,(H2,22,24,25). The van der Waals surface area contributed by atoms with Crippen LogP contribution in [0.2, 0.25) is 0 Å². The lowest BCUT2D eigenvalue weighted by molar-refractivity contribution is 0.0468. The average Bonchev–Trinajstić information content (AvgIpc) is 2.98. The Morgan fingerprint density at radius 1 is 1.30 bits per heavy atom. The molecule has 1 aliphatic carbocycles. The molecule has 0 amide bonds. The molecule has 2 N–H and O–H groups in total. The second kappa shape index (κ2) is 10.4. The highest BCUT2D eigenvalue weighted by atomic mass is 19.1.